The maximum absolute atomic E-state index is 12.2. The van der Waals surface area contributed by atoms with Crippen LogP contribution in [0.5, 0.6) is 0 Å². The van der Waals surface area contributed by atoms with Gasteiger partial charge < -0.3 is 24.0 Å². The van der Waals surface area contributed by atoms with Crippen molar-refractivity contribution in [2.45, 2.75) is 6.42 Å². The molecule has 0 atom stereocenters. The summed E-state index contributed by atoms with van der Waals surface area (Å²) in [5, 5.41) is 0. The first-order valence-corrected chi connectivity index (χ1v) is 6.03. The number of allylic oxidation sites excluding steroid dienone is 1. The van der Waals surface area contributed by atoms with Crippen molar-refractivity contribution in [1.29, 1.82) is 0 Å². The molecule has 0 N–H and O–H groups in total. The van der Waals surface area contributed by atoms with Gasteiger partial charge in [-0.3, -0.25) is 4.79 Å². The zero-order valence-corrected chi connectivity index (χ0v) is 12.8. The van der Waals surface area contributed by atoms with Gasteiger partial charge in [-0.1, -0.05) is 24.3 Å². The normalized spacial score (nSPS) is 15.2. The lowest BCUT2D eigenvalue weighted by Crippen LogP contribution is -3.00. The molecule has 1 aromatic heterocycles. The van der Waals surface area contributed by atoms with Crippen LogP contribution in [0.1, 0.15) is 21.6 Å². The second-order valence-electron chi connectivity index (χ2n) is 4.57. The molecule has 1 heterocycles. The van der Waals surface area contributed by atoms with Gasteiger partial charge in [0, 0.05) is 35.8 Å². The van der Waals surface area contributed by atoms with Crippen molar-refractivity contribution in [2.75, 3.05) is 0 Å². The van der Waals surface area contributed by atoms with Crippen LogP contribution in [0.4, 0.5) is 0 Å². The first-order valence-electron chi connectivity index (χ1n) is 6.03. The number of hydrogen-bond acceptors (Lipinski definition) is 1. The summed E-state index contributed by atoms with van der Waals surface area (Å²) in [6.45, 7) is 0. The van der Waals surface area contributed by atoms with Crippen molar-refractivity contribution in [2.24, 2.45) is 7.05 Å². The number of fused-ring (bicyclic) bond motifs is 1. The Balaban J connectivity index is 0.00000133. The van der Waals surface area contributed by atoms with Crippen molar-refractivity contribution in [3.63, 3.8) is 0 Å². The first-order chi connectivity index (χ1) is 8.75. The molecule has 0 unspecified atom stereocenters. The van der Waals surface area contributed by atoms with E-state index in [1.165, 1.54) is 0 Å². The summed E-state index contributed by atoms with van der Waals surface area (Å²) in [6, 6.07) is 13.8. The number of carbonyl (C=O) groups is 1. The Bertz CT molecular complexity index is 661. The lowest BCUT2D eigenvalue weighted by Gasteiger charge is -1.95. The predicted octanol–water partition coefficient (Wildman–Crippen LogP) is -0.662. The number of hydrogen-bond donors (Lipinski definition) is 0. The maximum Gasteiger partial charge on any atom is 0.205 e. The molecular formula is C16H14INO. The highest BCUT2D eigenvalue weighted by Crippen LogP contribution is 2.26. The zero-order valence-electron chi connectivity index (χ0n) is 10.6. The zero-order chi connectivity index (χ0) is 12.5. The molecule has 19 heavy (non-hydrogen) atoms. The molecule has 0 radical (unpaired) electrons. The molecule has 96 valence electrons. The smallest absolute Gasteiger partial charge is 0.205 e. The molecule has 0 fully saturated rings. The molecule has 0 bridgehead atoms. The number of halogens is 1. The lowest BCUT2D eigenvalue weighted by molar-refractivity contribution is -0.673. The fourth-order valence-electron chi connectivity index (χ4n) is 2.34. The van der Waals surface area contributed by atoms with Crippen LogP contribution in [0.25, 0.3) is 6.08 Å². The fourth-order valence-corrected chi connectivity index (χ4v) is 2.34. The highest BCUT2D eigenvalue weighted by atomic mass is 127. The minimum Gasteiger partial charge on any atom is -1.00 e. The number of Topliss-reactive ketones (excluding diaryl/α,β-unsaturated/α-hetero) is 1. The molecule has 3 heteroatoms. The van der Waals surface area contributed by atoms with Crippen molar-refractivity contribution in [1.82, 2.24) is 0 Å². The lowest BCUT2D eigenvalue weighted by atomic mass is 10.1. The van der Waals surface area contributed by atoms with E-state index in [2.05, 4.69) is 0 Å². The summed E-state index contributed by atoms with van der Waals surface area (Å²) in [5.74, 6) is 0.162. The number of ketones is 1. The highest BCUT2D eigenvalue weighted by molar-refractivity contribution is 6.15. The van der Waals surface area contributed by atoms with E-state index in [1.807, 2.05) is 66.4 Å². The van der Waals surface area contributed by atoms with E-state index in [1.54, 1.807) is 0 Å². The quantitative estimate of drug-likeness (QED) is 0.374. The fraction of sp³-hybridized carbons (Fsp3) is 0.125. The number of aromatic nitrogens is 1. The monoisotopic (exact) mass is 363 g/mol. The Kier molecular flexibility index (Phi) is 4.14. The van der Waals surface area contributed by atoms with Gasteiger partial charge in [-0.25, -0.2) is 4.57 Å². The Labute approximate surface area is 129 Å². The Morgan fingerprint density at radius 2 is 1.84 bits per heavy atom. The third-order valence-corrected chi connectivity index (χ3v) is 3.35. The average molecular weight is 363 g/mol. The molecular weight excluding hydrogens is 349 g/mol. The van der Waals surface area contributed by atoms with Gasteiger partial charge in [0.2, 0.25) is 5.69 Å². The van der Waals surface area contributed by atoms with Gasteiger partial charge in [0.05, 0.1) is 0 Å². The summed E-state index contributed by atoms with van der Waals surface area (Å²) >= 11 is 0. The van der Waals surface area contributed by atoms with Crippen molar-refractivity contribution in [3.8, 4) is 0 Å². The number of nitrogens with zero attached hydrogens (tertiary/aromatic N) is 1. The number of benzene rings is 1. The van der Waals surface area contributed by atoms with Crippen LogP contribution >= 0.6 is 0 Å². The molecule has 1 aliphatic rings. The molecule has 0 aliphatic heterocycles. The summed E-state index contributed by atoms with van der Waals surface area (Å²) < 4.78 is 2.02. The van der Waals surface area contributed by atoms with E-state index < -0.39 is 0 Å². The van der Waals surface area contributed by atoms with Crippen LogP contribution in [0.3, 0.4) is 0 Å². The molecule has 0 amide bonds. The summed E-state index contributed by atoms with van der Waals surface area (Å²) in [5.41, 5.74) is 3.90. The second-order valence-corrected chi connectivity index (χ2v) is 4.57. The van der Waals surface area contributed by atoms with Gasteiger partial charge in [0.15, 0.2) is 12.0 Å². The predicted molar refractivity (Wildman–Crippen MR) is 70.1 cm³/mol. The van der Waals surface area contributed by atoms with Crippen LogP contribution < -0.4 is 28.5 Å². The molecule has 1 aromatic carbocycles. The molecule has 2 aromatic rings. The van der Waals surface area contributed by atoms with Gasteiger partial charge in [-0.15, -0.1) is 0 Å². The van der Waals surface area contributed by atoms with E-state index in [9.17, 15) is 4.79 Å². The van der Waals surface area contributed by atoms with Crippen LogP contribution in [-0.2, 0) is 13.5 Å². The molecule has 0 saturated carbocycles. The number of aryl methyl sites for hydroxylation is 1. The number of rotatable bonds is 1. The van der Waals surface area contributed by atoms with E-state index in [4.69, 9.17) is 0 Å². The summed E-state index contributed by atoms with van der Waals surface area (Å²) in [7, 11) is 1.99. The third-order valence-electron chi connectivity index (χ3n) is 3.35. The second kappa shape index (κ2) is 5.65. The topological polar surface area (TPSA) is 20.9 Å². The summed E-state index contributed by atoms with van der Waals surface area (Å²) in [6.07, 6.45) is 4.71. The van der Waals surface area contributed by atoms with Gasteiger partial charge in [0.25, 0.3) is 0 Å². The van der Waals surface area contributed by atoms with Crippen LogP contribution in [0.15, 0.2) is 54.2 Å². The molecule has 0 saturated heterocycles. The van der Waals surface area contributed by atoms with Crippen molar-refractivity contribution >= 4 is 11.9 Å². The van der Waals surface area contributed by atoms with Crippen LogP contribution in [0.2, 0.25) is 0 Å². The minimum atomic E-state index is 0. The maximum atomic E-state index is 12.2. The van der Waals surface area contributed by atoms with E-state index in [0.717, 1.165) is 28.8 Å². The summed E-state index contributed by atoms with van der Waals surface area (Å²) in [4.78, 5) is 12.2. The van der Waals surface area contributed by atoms with E-state index >= 15 is 0 Å². The first kappa shape index (κ1) is 13.9. The number of carbonyl (C=O) groups excluding carboxylic acids is 1. The SMILES string of the molecule is C[n+]1ccccc1/C=C1\Cc2ccccc2C1=O.[I-]. The average Bonchev–Trinajstić information content (AvgIpc) is 2.70. The van der Waals surface area contributed by atoms with E-state index in [0.29, 0.717) is 0 Å². The molecule has 3 rings (SSSR count). The molecule has 0 spiro atoms. The van der Waals surface area contributed by atoms with Crippen LogP contribution in [0, 0.1) is 0 Å². The van der Waals surface area contributed by atoms with E-state index in [-0.39, 0.29) is 29.8 Å². The van der Waals surface area contributed by atoms with Crippen LogP contribution in [-0.4, -0.2) is 5.78 Å². The third kappa shape index (κ3) is 2.61. The molecule has 2 nitrogen and oxygen atoms in total. The van der Waals surface area contributed by atoms with Gasteiger partial charge in [-0.2, -0.15) is 0 Å². The number of pyridine rings is 1. The highest BCUT2D eigenvalue weighted by Gasteiger charge is 2.24. The van der Waals surface area contributed by atoms with Gasteiger partial charge in [-0.05, 0) is 11.6 Å². The van der Waals surface area contributed by atoms with Gasteiger partial charge in [0.1, 0.15) is 7.05 Å². The Morgan fingerprint density at radius 3 is 2.58 bits per heavy atom. The molecule has 1 aliphatic carbocycles. The standard InChI is InChI=1S/C16H14NO.HI/c1-17-9-5-4-7-14(17)11-13-10-12-6-2-3-8-15(12)16(13)18;/h2-9,11H,10H2,1H3;1H/q+1;/p-1/b13-11+;. The Hall–Kier alpha value is -1.49. The Morgan fingerprint density at radius 1 is 1.11 bits per heavy atom. The minimum absolute atomic E-state index is 0. The largest absolute Gasteiger partial charge is 1.00 e. The van der Waals surface area contributed by atoms with Crippen molar-refractivity contribution in [3.05, 3.63) is 71.1 Å². The van der Waals surface area contributed by atoms with Gasteiger partial charge >= 0.3 is 0 Å². The van der Waals surface area contributed by atoms with Crippen molar-refractivity contribution < 1.29 is 33.3 Å².